The number of hydrogen-bond donors (Lipinski definition) is 1. The van der Waals surface area contributed by atoms with Gasteiger partial charge in [-0.1, -0.05) is 12.1 Å². The van der Waals surface area contributed by atoms with Crippen LogP contribution in [0.3, 0.4) is 0 Å². The van der Waals surface area contributed by atoms with Crippen molar-refractivity contribution >= 4 is 34.1 Å². The van der Waals surface area contributed by atoms with Crippen LogP contribution < -0.4 is 10.2 Å². The highest BCUT2D eigenvalue weighted by atomic mass is 19.1. The Hall–Kier alpha value is -3.59. The van der Waals surface area contributed by atoms with Crippen molar-refractivity contribution in [3.63, 3.8) is 0 Å². The Labute approximate surface area is 178 Å². The number of fused-ring (bicyclic) bond motifs is 3. The maximum absolute atomic E-state index is 13.0. The Kier molecular flexibility index (Phi) is 4.95. The standard InChI is InChI=1S/C22H22FN7O/c1-15-24-21-18-4-2-3-5-19(18)26-22(30(21)27-15)29-12-10-28(11-13-29)14-20(31)25-17-8-6-16(23)7-9-17/h2-9H,10-14H2,1H3,(H,25,31). The number of rotatable bonds is 4. The Morgan fingerprint density at radius 3 is 2.55 bits per heavy atom. The van der Waals surface area contributed by atoms with Crippen LogP contribution >= 0.6 is 0 Å². The third-order valence-corrected chi connectivity index (χ3v) is 5.42. The summed E-state index contributed by atoms with van der Waals surface area (Å²) < 4.78 is 14.8. The van der Waals surface area contributed by atoms with Crippen molar-refractivity contribution in [3.05, 3.63) is 60.2 Å². The second-order valence-corrected chi connectivity index (χ2v) is 7.64. The first-order chi connectivity index (χ1) is 15.1. The molecule has 9 heteroatoms. The number of benzene rings is 2. The van der Waals surface area contributed by atoms with Crippen molar-refractivity contribution in [1.29, 1.82) is 0 Å². The summed E-state index contributed by atoms with van der Waals surface area (Å²) in [5.41, 5.74) is 2.28. The largest absolute Gasteiger partial charge is 0.338 e. The molecule has 0 aliphatic carbocycles. The number of anilines is 2. The summed E-state index contributed by atoms with van der Waals surface area (Å²) in [5, 5.41) is 8.34. The van der Waals surface area contributed by atoms with Gasteiger partial charge in [0.1, 0.15) is 11.6 Å². The van der Waals surface area contributed by atoms with Gasteiger partial charge < -0.3 is 10.2 Å². The number of aryl methyl sites for hydroxylation is 1. The maximum atomic E-state index is 13.0. The molecule has 0 bridgehead atoms. The number of carbonyl (C=O) groups is 1. The van der Waals surface area contributed by atoms with Gasteiger partial charge in [-0.15, -0.1) is 5.10 Å². The molecule has 1 aliphatic rings. The number of amides is 1. The number of nitrogens with one attached hydrogen (secondary N) is 1. The fourth-order valence-corrected chi connectivity index (χ4v) is 3.89. The van der Waals surface area contributed by atoms with E-state index in [-0.39, 0.29) is 18.3 Å². The lowest BCUT2D eigenvalue weighted by atomic mass is 10.2. The van der Waals surface area contributed by atoms with Gasteiger partial charge in [0, 0.05) is 37.3 Å². The summed E-state index contributed by atoms with van der Waals surface area (Å²) >= 11 is 0. The van der Waals surface area contributed by atoms with Crippen LogP contribution in [0.25, 0.3) is 16.6 Å². The van der Waals surface area contributed by atoms with Gasteiger partial charge in [-0.2, -0.15) is 4.52 Å². The predicted molar refractivity (Wildman–Crippen MR) is 117 cm³/mol. The van der Waals surface area contributed by atoms with Crippen molar-refractivity contribution in [3.8, 4) is 0 Å². The van der Waals surface area contributed by atoms with Crippen LogP contribution in [-0.4, -0.2) is 63.1 Å². The molecule has 1 aliphatic heterocycles. The third-order valence-electron chi connectivity index (χ3n) is 5.42. The molecular formula is C22H22FN7O. The van der Waals surface area contributed by atoms with Gasteiger partial charge >= 0.3 is 0 Å². The molecule has 0 spiro atoms. The predicted octanol–water partition coefficient (Wildman–Crippen LogP) is 2.49. The molecule has 0 unspecified atom stereocenters. The molecule has 158 valence electrons. The lowest BCUT2D eigenvalue weighted by Gasteiger charge is -2.34. The van der Waals surface area contributed by atoms with Crippen molar-refractivity contribution < 1.29 is 9.18 Å². The van der Waals surface area contributed by atoms with Gasteiger partial charge in [-0.25, -0.2) is 14.4 Å². The van der Waals surface area contributed by atoms with Crippen LogP contribution in [0.1, 0.15) is 5.82 Å². The van der Waals surface area contributed by atoms with Gasteiger partial charge in [-0.3, -0.25) is 9.69 Å². The summed E-state index contributed by atoms with van der Waals surface area (Å²) in [7, 11) is 0. The minimum absolute atomic E-state index is 0.113. The molecule has 2 aromatic heterocycles. The summed E-state index contributed by atoms with van der Waals surface area (Å²) in [5.74, 6) is 1.03. The van der Waals surface area contributed by atoms with Crippen molar-refractivity contribution in [2.45, 2.75) is 6.92 Å². The number of aromatic nitrogens is 4. The number of halogens is 1. The lowest BCUT2D eigenvalue weighted by molar-refractivity contribution is -0.117. The molecule has 1 fully saturated rings. The highest BCUT2D eigenvalue weighted by Gasteiger charge is 2.23. The molecule has 1 saturated heterocycles. The molecule has 4 aromatic rings. The zero-order valence-corrected chi connectivity index (χ0v) is 17.1. The Morgan fingerprint density at radius 1 is 1.03 bits per heavy atom. The van der Waals surface area contributed by atoms with E-state index in [1.807, 2.05) is 35.7 Å². The summed E-state index contributed by atoms with van der Waals surface area (Å²) in [6, 6.07) is 13.7. The molecule has 2 aromatic carbocycles. The zero-order valence-electron chi connectivity index (χ0n) is 17.1. The number of hydrogen-bond acceptors (Lipinski definition) is 6. The van der Waals surface area contributed by atoms with E-state index in [2.05, 4.69) is 25.2 Å². The van der Waals surface area contributed by atoms with Gasteiger partial charge in [0.05, 0.1) is 12.1 Å². The highest BCUT2D eigenvalue weighted by Crippen LogP contribution is 2.23. The molecule has 1 N–H and O–H groups in total. The Bertz CT molecular complexity index is 1250. The minimum atomic E-state index is -0.326. The zero-order chi connectivity index (χ0) is 21.4. The first kappa shape index (κ1) is 19.4. The van der Waals surface area contributed by atoms with E-state index in [9.17, 15) is 9.18 Å². The van der Waals surface area contributed by atoms with E-state index in [0.717, 1.165) is 48.7 Å². The number of piperazine rings is 1. The van der Waals surface area contributed by atoms with Crippen LogP contribution in [0.5, 0.6) is 0 Å². The molecule has 3 heterocycles. The van der Waals surface area contributed by atoms with Gasteiger partial charge in [0.2, 0.25) is 11.9 Å². The summed E-state index contributed by atoms with van der Waals surface area (Å²) in [6.07, 6.45) is 0. The Morgan fingerprint density at radius 2 is 1.77 bits per heavy atom. The van der Waals surface area contributed by atoms with Gasteiger partial charge in [-0.05, 0) is 43.3 Å². The molecule has 8 nitrogen and oxygen atoms in total. The molecular weight excluding hydrogens is 397 g/mol. The smallest absolute Gasteiger partial charge is 0.238 e. The van der Waals surface area contributed by atoms with Crippen LogP contribution in [0, 0.1) is 12.7 Å². The molecule has 0 radical (unpaired) electrons. The quantitative estimate of drug-likeness (QED) is 0.548. The normalized spacial score (nSPS) is 15.0. The summed E-state index contributed by atoms with van der Waals surface area (Å²) in [6.45, 7) is 5.06. The van der Waals surface area contributed by atoms with E-state index < -0.39 is 0 Å². The maximum Gasteiger partial charge on any atom is 0.238 e. The fraction of sp³-hybridized carbons (Fsp3) is 0.273. The number of nitrogens with zero attached hydrogens (tertiary/aromatic N) is 6. The SMILES string of the molecule is Cc1nc2c3ccccc3nc(N3CCN(CC(=O)Nc4ccc(F)cc4)CC3)n2n1. The van der Waals surface area contributed by atoms with E-state index in [1.165, 1.54) is 12.1 Å². The first-order valence-electron chi connectivity index (χ1n) is 10.2. The van der Waals surface area contributed by atoms with Crippen molar-refractivity contribution in [1.82, 2.24) is 24.5 Å². The van der Waals surface area contributed by atoms with Crippen LogP contribution in [0.15, 0.2) is 48.5 Å². The highest BCUT2D eigenvalue weighted by molar-refractivity contribution is 5.93. The van der Waals surface area contributed by atoms with Crippen LogP contribution in [0.2, 0.25) is 0 Å². The first-order valence-corrected chi connectivity index (χ1v) is 10.2. The molecule has 1 amide bonds. The summed E-state index contributed by atoms with van der Waals surface area (Å²) in [4.78, 5) is 26.1. The molecule has 0 atom stereocenters. The van der Waals surface area contributed by atoms with Gasteiger partial charge in [0.25, 0.3) is 0 Å². The van der Waals surface area contributed by atoms with Crippen LogP contribution in [0.4, 0.5) is 16.0 Å². The van der Waals surface area contributed by atoms with Crippen molar-refractivity contribution in [2.24, 2.45) is 0 Å². The Balaban J connectivity index is 1.28. The second-order valence-electron chi connectivity index (χ2n) is 7.64. The van der Waals surface area contributed by atoms with Crippen LogP contribution in [-0.2, 0) is 4.79 Å². The lowest BCUT2D eigenvalue weighted by Crippen LogP contribution is -2.49. The molecule has 5 rings (SSSR count). The topological polar surface area (TPSA) is 78.7 Å². The van der Waals surface area contributed by atoms with Crippen molar-refractivity contribution in [2.75, 3.05) is 42.9 Å². The molecule has 0 saturated carbocycles. The van der Waals surface area contributed by atoms with E-state index in [1.54, 1.807) is 12.1 Å². The number of para-hydroxylation sites is 1. The van der Waals surface area contributed by atoms with E-state index in [0.29, 0.717) is 11.5 Å². The minimum Gasteiger partial charge on any atom is -0.338 e. The average Bonchev–Trinajstić information content (AvgIpc) is 3.17. The number of carbonyl (C=O) groups excluding carboxylic acids is 1. The van der Waals surface area contributed by atoms with E-state index >= 15 is 0 Å². The average molecular weight is 419 g/mol. The second kappa shape index (κ2) is 7.92. The third kappa shape index (κ3) is 3.91. The van der Waals surface area contributed by atoms with Gasteiger partial charge in [0.15, 0.2) is 5.65 Å². The monoisotopic (exact) mass is 419 g/mol. The van der Waals surface area contributed by atoms with E-state index in [4.69, 9.17) is 4.98 Å². The fourth-order valence-electron chi connectivity index (χ4n) is 3.89. The molecule has 31 heavy (non-hydrogen) atoms.